The van der Waals surface area contributed by atoms with E-state index in [1.54, 1.807) is 0 Å². The van der Waals surface area contributed by atoms with Crippen LogP contribution >= 0.6 is 7.82 Å². The van der Waals surface area contributed by atoms with Crippen LogP contribution in [-0.2, 0) is 27.9 Å². The van der Waals surface area contributed by atoms with E-state index in [0.29, 0.717) is 0 Å². The number of H-pyrrole nitrogens is 1. The first-order valence-electron chi connectivity index (χ1n) is 12.7. The topological polar surface area (TPSA) is 329 Å². The molecule has 1 unspecified atom stereocenters. The van der Waals surface area contributed by atoms with E-state index in [1.807, 2.05) is 4.98 Å². The quantitative estimate of drug-likeness (QED) is 0.0892. The van der Waals surface area contributed by atoms with Gasteiger partial charge in [0.2, 0.25) is 5.95 Å². The van der Waals surface area contributed by atoms with Crippen LogP contribution in [0.15, 0.2) is 28.2 Å². The van der Waals surface area contributed by atoms with Gasteiger partial charge in [0.05, 0.1) is 13.2 Å². The van der Waals surface area contributed by atoms with Gasteiger partial charge in [0.15, 0.2) is 29.4 Å². The van der Waals surface area contributed by atoms with E-state index in [4.69, 9.17) is 29.4 Å². The summed E-state index contributed by atoms with van der Waals surface area (Å²) in [5, 5.41) is 53.1. The first-order valence-corrected chi connectivity index (χ1v) is 14.2. The molecule has 2 aliphatic heterocycles. The minimum absolute atomic E-state index is 0.00318. The van der Waals surface area contributed by atoms with Crippen molar-refractivity contribution in [3.8, 4) is 0 Å². The molecule has 44 heavy (non-hydrogen) atoms. The lowest BCUT2D eigenvalue weighted by Crippen LogP contribution is -2.39. The van der Waals surface area contributed by atoms with E-state index in [1.165, 1.54) is 0 Å². The van der Waals surface area contributed by atoms with Gasteiger partial charge in [0.25, 0.3) is 5.56 Å². The Morgan fingerprint density at radius 1 is 1.14 bits per heavy atom. The molecule has 10 N–H and O–H groups in total. The lowest BCUT2D eigenvalue weighted by Gasteiger charge is -2.25. The maximum absolute atomic E-state index is 12.9. The normalized spacial score (nSPS) is 30.0. The number of hydrogen-bond acceptors (Lipinski definition) is 17. The number of ether oxygens (including phenoxy) is 2. The number of fused-ring (bicyclic) bond motifs is 1. The number of aromatic nitrogens is 6. The molecule has 0 spiro atoms. The smallest absolute Gasteiger partial charge is 0.472 e. The van der Waals surface area contributed by atoms with Crippen LogP contribution < -0.4 is 22.3 Å². The lowest BCUT2D eigenvalue weighted by atomic mass is 10.1. The fraction of sp³-hybridized carbons (Fsp3) is 0.524. The number of carboxylic acid groups (broad SMARTS) is 1. The summed E-state index contributed by atoms with van der Waals surface area (Å²) in [5.74, 6) is -1.50. The molecule has 5 heterocycles. The fourth-order valence-corrected chi connectivity index (χ4v) is 5.65. The van der Waals surface area contributed by atoms with Crippen LogP contribution in [0.25, 0.3) is 11.2 Å². The molecule has 240 valence electrons. The van der Waals surface area contributed by atoms with Crippen molar-refractivity contribution >= 4 is 36.7 Å². The maximum atomic E-state index is 12.9. The number of nitrogen functional groups attached to an aromatic ring is 1. The van der Waals surface area contributed by atoms with Crippen LogP contribution in [0.5, 0.6) is 0 Å². The van der Waals surface area contributed by atoms with Gasteiger partial charge in [-0.25, -0.2) is 24.3 Å². The molecule has 23 heteroatoms. The van der Waals surface area contributed by atoms with Crippen LogP contribution in [0, 0.1) is 0 Å². The van der Waals surface area contributed by atoms with Crippen molar-refractivity contribution < 1.29 is 58.3 Å². The zero-order valence-corrected chi connectivity index (χ0v) is 23.1. The zero-order chi connectivity index (χ0) is 31.9. The Morgan fingerprint density at radius 3 is 2.55 bits per heavy atom. The third kappa shape index (κ3) is 6.08. The Labute approximate surface area is 243 Å². The number of imidazole rings is 1. The summed E-state index contributed by atoms with van der Waals surface area (Å²) in [7, 11) is -5.17. The summed E-state index contributed by atoms with van der Waals surface area (Å²) in [5.41, 5.74) is 4.10. The van der Waals surface area contributed by atoms with Crippen molar-refractivity contribution in [2.24, 2.45) is 0 Å². The summed E-state index contributed by atoms with van der Waals surface area (Å²) in [6.07, 6.45) is -10.8. The van der Waals surface area contributed by atoms with E-state index in [-0.39, 0.29) is 22.9 Å². The fourth-order valence-electron chi connectivity index (χ4n) is 4.71. The van der Waals surface area contributed by atoms with E-state index >= 15 is 0 Å². The average Bonchev–Trinajstić information content (AvgIpc) is 3.58. The Morgan fingerprint density at radius 2 is 1.86 bits per heavy atom. The van der Waals surface area contributed by atoms with E-state index in [0.717, 1.165) is 27.7 Å². The summed E-state index contributed by atoms with van der Waals surface area (Å²) in [4.78, 5) is 59.2. The third-order valence-corrected chi connectivity index (χ3v) is 7.75. The second-order valence-corrected chi connectivity index (χ2v) is 11.0. The molecule has 0 amide bonds. The van der Waals surface area contributed by atoms with Crippen molar-refractivity contribution in [2.75, 3.05) is 30.8 Å². The molecular formula is C21H27N8O14P. The summed E-state index contributed by atoms with van der Waals surface area (Å²) >= 11 is 0. The molecule has 0 bridgehead atoms. The van der Waals surface area contributed by atoms with E-state index in [2.05, 4.69) is 20.3 Å². The zero-order valence-electron chi connectivity index (χ0n) is 22.2. The number of rotatable bonds is 11. The van der Waals surface area contributed by atoms with Crippen molar-refractivity contribution in [2.45, 2.75) is 49.1 Å². The second-order valence-electron chi connectivity index (χ2n) is 9.62. The minimum atomic E-state index is -5.17. The maximum Gasteiger partial charge on any atom is 0.472 e. The molecule has 0 aromatic carbocycles. The van der Waals surface area contributed by atoms with E-state index < -0.39 is 93.9 Å². The number of aliphatic hydroxyl groups excluding tert-OH is 4. The Bertz CT molecular complexity index is 1700. The Balaban J connectivity index is 1.33. The number of carboxylic acids is 1. The molecule has 2 aliphatic rings. The van der Waals surface area contributed by atoms with Crippen molar-refractivity contribution in [1.82, 2.24) is 29.1 Å². The average molecular weight is 646 g/mol. The number of phosphoric ester groups is 1. The minimum Gasteiger partial charge on any atom is -0.480 e. The van der Waals surface area contributed by atoms with Crippen molar-refractivity contribution in [3.05, 3.63) is 39.4 Å². The van der Waals surface area contributed by atoms with Gasteiger partial charge >= 0.3 is 19.5 Å². The number of aliphatic hydroxyl groups is 4. The number of nitrogens with two attached hydrogens (primary N) is 1. The SMILES string of the molecule is Nc1ncnc2c1nc(NCC(=O)O)n2[C@@H]1O[C@H](COP(=O)(O)O[C@@H]2[C@H](O)[C@@H](CO)O[C@H]2n2ccc(=O)[nH]c2=O)[C@@H](O)[C@H]1O. The van der Waals surface area contributed by atoms with Crippen LogP contribution in [0.3, 0.4) is 0 Å². The van der Waals surface area contributed by atoms with Gasteiger partial charge in [-0.15, -0.1) is 0 Å². The number of nitrogens with one attached hydrogen (secondary N) is 2. The van der Waals surface area contributed by atoms with Gasteiger partial charge < -0.3 is 51.0 Å². The third-order valence-electron chi connectivity index (χ3n) is 6.77. The summed E-state index contributed by atoms with van der Waals surface area (Å²) < 4.78 is 36.0. The highest BCUT2D eigenvalue weighted by Crippen LogP contribution is 2.49. The highest BCUT2D eigenvalue weighted by atomic mass is 31.2. The van der Waals surface area contributed by atoms with Crippen LogP contribution in [0.1, 0.15) is 12.5 Å². The highest BCUT2D eigenvalue weighted by Gasteiger charge is 2.50. The Hall–Kier alpha value is -3.83. The summed E-state index contributed by atoms with van der Waals surface area (Å²) in [6.45, 7) is -2.25. The lowest BCUT2D eigenvalue weighted by molar-refractivity contribution is -0.134. The van der Waals surface area contributed by atoms with Crippen molar-refractivity contribution in [1.29, 1.82) is 0 Å². The van der Waals surface area contributed by atoms with Crippen LogP contribution in [-0.4, -0.2) is 122 Å². The largest absolute Gasteiger partial charge is 0.480 e. The standard InChI is InChI=1S/C21H27N8O14P/c22-16-11-17(25-6-24-16)29(20(27-11)23-3-10(32)33)18-14(36)12(34)8(42-18)5-40-44(38,39)43-15-13(35)7(4-30)41-19(15)28-2-1-9(31)26-21(28)37/h1-2,6-8,12-15,18-19,30,34-36H,3-5H2,(H,23,27)(H,32,33)(H,38,39)(H2,22,24,25)(H,26,31,37)/t7-,8-,12-,13-,14-,15-,18-,19-/m1/s1. The van der Waals surface area contributed by atoms with E-state index in [9.17, 15) is 44.3 Å². The molecule has 3 aromatic heterocycles. The van der Waals surface area contributed by atoms with Crippen LogP contribution in [0.4, 0.5) is 11.8 Å². The molecule has 2 fully saturated rings. The number of anilines is 2. The number of aliphatic carboxylic acids is 1. The number of phosphoric acid groups is 1. The summed E-state index contributed by atoms with van der Waals surface area (Å²) in [6, 6.07) is 0.947. The predicted octanol–water partition coefficient (Wildman–Crippen LogP) is -4.17. The van der Waals surface area contributed by atoms with Gasteiger partial charge in [0, 0.05) is 12.3 Å². The van der Waals surface area contributed by atoms with Gasteiger partial charge in [-0.05, 0) is 0 Å². The molecule has 0 radical (unpaired) electrons. The second kappa shape index (κ2) is 12.3. The number of carbonyl (C=O) groups is 1. The van der Waals surface area contributed by atoms with Crippen LogP contribution in [0.2, 0.25) is 0 Å². The molecule has 0 aliphatic carbocycles. The highest BCUT2D eigenvalue weighted by molar-refractivity contribution is 7.47. The Kier molecular flexibility index (Phi) is 8.82. The first-order chi connectivity index (χ1) is 20.8. The molecule has 9 atom stereocenters. The molecule has 5 rings (SSSR count). The monoisotopic (exact) mass is 646 g/mol. The van der Waals surface area contributed by atoms with Gasteiger partial charge in [0.1, 0.15) is 49.5 Å². The molecular weight excluding hydrogens is 619 g/mol. The molecule has 3 aromatic rings. The number of aromatic amines is 1. The van der Waals surface area contributed by atoms with Crippen molar-refractivity contribution in [3.63, 3.8) is 0 Å². The van der Waals surface area contributed by atoms with Gasteiger partial charge in [-0.1, -0.05) is 0 Å². The van der Waals surface area contributed by atoms with Gasteiger partial charge in [-0.2, -0.15) is 0 Å². The van der Waals surface area contributed by atoms with Gasteiger partial charge in [-0.3, -0.25) is 32.8 Å². The molecule has 22 nitrogen and oxygen atoms in total. The first kappa shape index (κ1) is 31.6. The molecule has 2 saturated heterocycles. The predicted molar refractivity (Wildman–Crippen MR) is 141 cm³/mol. The number of nitrogens with zero attached hydrogens (tertiary/aromatic N) is 5. The number of hydrogen-bond donors (Lipinski definition) is 9. The molecule has 0 saturated carbocycles.